The van der Waals surface area contributed by atoms with E-state index < -0.39 is 5.97 Å². The first-order chi connectivity index (χ1) is 13.6. The van der Waals surface area contributed by atoms with Crippen LogP contribution in [-0.2, 0) is 9.59 Å². The van der Waals surface area contributed by atoms with Crippen LogP contribution in [0.1, 0.15) is 28.8 Å². The fourth-order valence-electron chi connectivity index (χ4n) is 2.62. The lowest BCUT2D eigenvalue weighted by atomic mass is 10.2. The molecule has 7 heteroatoms. The molecule has 0 aromatic heterocycles. The highest BCUT2D eigenvalue weighted by atomic mass is 32.2. The molecule has 1 heterocycles. The Labute approximate surface area is 166 Å². The van der Waals surface area contributed by atoms with Gasteiger partial charge in [-0.25, -0.2) is 0 Å². The molecule has 1 aliphatic rings. The summed E-state index contributed by atoms with van der Waals surface area (Å²) in [6.45, 7) is 0.126. The van der Waals surface area contributed by atoms with Crippen LogP contribution in [0.5, 0.6) is 5.75 Å². The molecule has 28 heavy (non-hydrogen) atoms. The lowest BCUT2D eigenvalue weighted by Gasteiger charge is -2.12. The maximum Gasteiger partial charge on any atom is 0.311 e. The molecule has 3 rings (SSSR count). The molecule has 0 saturated carbocycles. The van der Waals surface area contributed by atoms with Crippen LogP contribution in [0.4, 0.5) is 4.79 Å². The molecule has 1 aliphatic heterocycles. The van der Waals surface area contributed by atoms with Crippen LogP contribution in [-0.4, -0.2) is 34.8 Å². The van der Waals surface area contributed by atoms with Gasteiger partial charge in [0.05, 0.1) is 10.5 Å². The highest BCUT2D eigenvalue weighted by Crippen LogP contribution is 2.32. The van der Waals surface area contributed by atoms with Crippen molar-refractivity contribution in [3.05, 3.63) is 70.6 Å². The van der Waals surface area contributed by atoms with E-state index in [0.29, 0.717) is 11.2 Å². The number of esters is 1. The van der Waals surface area contributed by atoms with Crippen molar-refractivity contribution in [2.75, 3.05) is 6.54 Å². The number of carbonyl (C=O) groups is 4. The highest BCUT2D eigenvalue weighted by Gasteiger charge is 2.34. The van der Waals surface area contributed by atoms with Gasteiger partial charge in [-0.05, 0) is 42.0 Å². The van der Waals surface area contributed by atoms with E-state index in [1.807, 2.05) is 30.3 Å². The molecular formula is C21H17NO5S. The molecular weight excluding hydrogens is 378 g/mol. The Morgan fingerprint density at radius 1 is 1.04 bits per heavy atom. The third-order valence-electron chi connectivity index (χ3n) is 4.00. The summed E-state index contributed by atoms with van der Waals surface area (Å²) in [5.41, 5.74) is 1.12. The molecule has 0 radical (unpaired) electrons. The van der Waals surface area contributed by atoms with E-state index in [2.05, 4.69) is 0 Å². The third kappa shape index (κ3) is 4.75. The number of thioether (sulfide) groups is 1. The monoisotopic (exact) mass is 395 g/mol. The van der Waals surface area contributed by atoms with E-state index in [9.17, 15) is 19.2 Å². The summed E-state index contributed by atoms with van der Waals surface area (Å²) in [5.74, 6) is -0.695. The SMILES string of the molecule is O=Cc1ccccc1OC(=O)CCCN1C(=O)SC(=Cc2ccccc2)C1=O. The first-order valence-electron chi connectivity index (χ1n) is 8.64. The van der Waals surface area contributed by atoms with Crippen molar-refractivity contribution in [1.29, 1.82) is 0 Å². The summed E-state index contributed by atoms with van der Waals surface area (Å²) in [5, 5.41) is -0.355. The standard InChI is InChI=1S/C21H17NO5S/c23-14-16-9-4-5-10-17(16)27-19(24)11-6-12-22-20(25)18(28-21(22)26)13-15-7-2-1-3-8-15/h1-5,7-10,13-14H,6,11-12H2. The smallest absolute Gasteiger partial charge is 0.311 e. The highest BCUT2D eigenvalue weighted by molar-refractivity contribution is 8.18. The normalized spacial score (nSPS) is 15.1. The van der Waals surface area contributed by atoms with Crippen LogP contribution in [0.2, 0.25) is 0 Å². The van der Waals surface area contributed by atoms with Crippen molar-refractivity contribution in [3.63, 3.8) is 0 Å². The molecule has 2 aromatic carbocycles. The molecule has 0 bridgehead atoms. The first-order valence-corrected chi connectivity index (χ1v) is 9.45. The second-order valence-corrected chi connectivity index (χ2v) is 6.97. The number of imide groups is 1. The number of amides is 2. The minimum Gasteiger partial charge on any atom is -0.426 e. The minimum absolute atomic E-state index is 0.0205. The average molecular weight is 395 g/mol. The van der Waals surface area contributed by atoms with E-state index in [0.717, 1.165) is 22.2 Å². The second-order valence-electron chi connectivity index (χ2n) is 5.98. The van der Waals surface area contributed by atoms with Crippen LogP contribution in [0.3, 0.4) is 0 Å². The molecule has 0 atom stereocenters. The van der Waals surface area contributed by atoms with Gasteiger partial charge in [-0.1, -0.05) is 42.5 Å². The Morgan fingerprint density at radius 2 is 1.75 bits per heavy atom. The minimum atomic E-state index is -0.527. The molecule has 2 aromatic rings. The zero-order chi connectivity index (χ0) is 19.9. The van der Waals surface area contributed by atoms with Crippen LogP contribution < -0.4 is 4.74 Å². The molecule has 6 nitrogen and oxygen atoms in total. The number of carbonyl (C=O) groups excluding carboxylic acids is 4. The van der Waals surface area contributed by atoms with Gasteiger partial charge in [0.25, 0.3) is 11.1 Å². The topological polar surface area (TPSA) is 80.8 Å². The first kappa shape index (κ1) is 19.6. The molecule has 2 amide bonds. The maximum atomic E-state index is 12.4. The number of ether oxygens (including phenoxy) is 1. The lowest BCUT2D eigenvalue weighted by Crippen LogP contribution is -2.29. The Kier molecular flexibility index (Phi) is 6.39. The van der Waals surface area contributed by atoms with Gasteiger partial charge in [0.15, 0.2) is 6.29 Å². The number of nitrogens with zero attached hydrogens (tertiary/aromatic N) is 1. The van der Waals surface area contributed by atoms with Gasteiger partial charge in [0, 0.05) is 13.0 Å². The summed E-state index contributed by atoms with van der Waals surface area (Å²) in [4.78, 5) is 49.0. The van der Waals surface area contributed by atoms with E-state index in [4.69, 9.17) is 4.74 Å². The van der Waals surface area contributed by atoms with Gasteiger partial charge in [-0.15, -0.1) is 0 Å². The Morgan fingerprint density at radius 3 is 2.50 bits per heavy atom. The van der Waals surface area contributed by atoms with Gasteiger partial charge < -0.3 is 4.74 Å². The van der Waals surface area contributed by atoms with E-state index in [-0.39, 0.29) is 41.8 Å². The maximum absolute atomic E-state index is 12.4. The number of para-hydroxylation sites is 1. The van der Waals surface area contributed by atoms with Crippen molar-refractivity contribution < 1.29 is 23.9 Å². The Balaban J connectivity index is 1.54. The molecule has 0 aliphatic carbocycles. The predicted octanol–water partition coefficient (Wildman–Crippen LogP) is 3.92. The summed E-state index contributed by atoms with van der Waals surface area (Å²) < 4.78 is 5.18. The number of rotatable bonds is 7. The summed E-state index contributed by atoms with van der Waals surface area (Å²) in [7, 11) is 0. The fraction of sp³-hybridized carbons (Fsp3) is 0.143. The summed E-state index contributed by atoms with van der Waals surface area (Å²) >= 11 is 0.887. The number of hydrogen-bond acceptors (Lipinski definition) is 6. The number of aldehydes is 1. The van der Waals surface area contributed by atoms with Crippen LogP contribution >= 0.6 is 11.8 Å². The molecule has 0 spiro atoms. The zero-order valence-corrected chi connectivity index (χ0v) is 15.7. The number of benzene rings is 2. The van der Waals surface area contributed by atoms with Crippen molar-refractivity contribution in [1.82, 2.24) is 4.90 Å². The quantitative estimate of drug-likeness (QED) is 0.306. The van der Waals surface area contributed by atoms with E-state index in [1.165, 1.54) is 6.07 Å². The molecule has 0 N–H and O–H groups in total. The molecule has 1 saturated heterocycles. The van der Waals surface area contributed by atoms with E-state index >= 15 is 0 Å². The third-order valence-corrected chi connectivity index (χ3v) is 4.91. The van der Waals surface area contributed by atoms with Crippen molar-refractivity contribution in [2.24, 2.45) is 0 Å². The fourth-order valence-corrected chi connectivity index (χ4v) is 3.48. The molecule has 1 fully saturated rings. The van der Waals surface area contributed by atoms with E-state index in [1.54, 1.807) is 24.3 Å². The number of hydrogen-bond donors (Lipinski definition) is 0. The van der Waals surface area contributed by atoms with Crippen LogP contribution in [0, 0.1) is 0 Å². The van der Waals surface area contributed by atoms with Gasteiger partial charge in [0.1, 0.15) is 5.75 Å². The molecule has 142 valence electrons. The second kappa shape index (κ2) is 9.14. The summed E-state index contributed by atoms with van der Waals surface area (Å²) in [6.07, 6.45) is 2.59. The Hall–Kier alpha value is -3.19. The van der Waals surface area contributed by atoms with Gasteiger partial charge in [-0.2, -0.15) is 0 Å². The lowest BCUT2D eigenvalue weighted by molar-refractivity contribution is -0.135. The van der Waals surface area contributed by atoms with Crippen LogP contribution in [0.15, 0.2) is 59.5 Å². The summed E-state index contributed by atoms with van der Waals surface area (Å²) in [6, 6.07) is 15.7. The van der Waals surface area contributed by atoms with Crippen molar-refractivity contribution in [3.8, 4) is 5.75 Å². The van der Waals surface area contributed by atoms with Gasteiger partial charge >= 0.3 is 5.97 Å². The zero-order valence-electron chi connectivity index (χ0n) is 14.9. The Bertz CT molecular complexity index is 939. The van der Waals surface area contributed by atoms with Crippen molar-refractivity contribution >= 4 is 41.2 Å². The van der Waals surface area contributed by atoms with Crippen molar-refractivity contribution in [2.45, 2.75) is 12.8 Å². The van der Waals surface area contributed by atoms with Gasteiger partial charge in [-0.3, -0.25) is 24.1 Å². The predicted molar refractivity (Wildman–Crippen MR) is 106 cm³/mol. The van der Waals surface area contributed by atoms with Gasteiger partial charge in [0.2, 0.25) is 0 Å². The average Bonchev–Trinajstić information content (AvgIpc) is 2.96. The largest absolute Gasteiger partial charge is 0.426 e. The molecule has 0 unspecified atom stereocenters. The van der Waals surface area contributed by atoms with Crippen LogP contribution in [0.25, 0.3) is 6.08 Å².